The van der Waals surface area contributed by atoms with Gasteiger partial charge in [0.2, 0.25) is 5.91 Å². The summed E-state index contributed by atoms with van der Waals surface area (Å²) in [5.41, 5.74) is -0.586. The lowest BCUT2D eigenvalue weighted by Gasteiger charge is -2.45. The second kappa shape index (κ2) is 14.6. The van der Waals surface area contributed by atoms with Gasteiger partial charge in [0.15, 0.2) is 11.5 Å². The molecular weight excluding hydrogens is 689 g/mol. The highest BCUT2D eigenvalue weighted by Crippen LogP contribution is 2.42. The molecule has 2 amide bonds. The molecule has 0 saturated carbocycles. The molecule has 0 spiro atoms. The number of amides is 2. The quantitative estimate of drug-likeness (QED) is 0.108. The number of β-lactam (4-membered cyclic amide) rings is 1. The summed E-state index contributed by atoms with van der Waals surface area (Å²) in [6.45, 7) is 8.62. The first-order chi connectivity index (χ1) is 25.4. The summed E-state index contributed by atoms with van der Waals surface area (Å²) in [5.74, 6) is 1.28. The van der Waals surface area contributed by atoms with Crippen molar-refractivity contribution in [3.63, 3.8) is 0 Å². The third-order valence-electron chi connectivity index (χ3n) is 9.53. The van der Waals surface area contributed by atoms with Gasteiger partial charge in [0.25, 0.3) is 5.91 Å². The lowest BCUT2D eigenvalue weighted by molar-refractivity contribution is -0.137. The molecule has 4 aromatic carbocycles. The highest BCUT2D eigenvalue weighted by atomic mass is 19.4. The Hall–Kier alpha value is -5.40. The summed E-state index contributed by atoms with van der Waals surface area (Å²) < 4.78 is 64.6. The van der Waals surface area contributed by atoms with Crippen LogP contribution >= 0.6 is 0 Å². The number of pyridine rings is 1. The molecule has 2 fully saturated rings. The van der Waals surface area contributed by atoms with Gasteiger partial charge in [-0.15, -0.1) is 0 Å². The number of fused-ring (bicyclic) bond motifs is 2. The molecule has 7 rings (SSSR count). The Morgan fingerprint density at radius 1 is 0.962 bits per heavy atom. The smallest absolute Gasteiger partial charge is 0.416 e. The van der Waals surface area contributed by atoms with Crippen molar-refractivity contribution in [1.29, 1.82) is 0 Å². The standard InChI is InChI=1S/C40H39F3N4O6/c1-39(2)24-47(38(39)49)33-11-8-26(40(41,42)43)21-32(33)45-37(48)29-7-4-6-25-20-27(9-10-28(25)29)53-34-12-13-44-31-23-36(35(50-3)22-30(31)34)52-17-5-14-46-15-18-51-19-16-46/h4,6-13,20-23H,5,14-19,24H2,1-3H3,(H,45,48). The van der Waals surface area contributed by atoms with E-state index in [1.165, 1.54) is 11.0 Å². The average Bonchev–Trinajstić information content (AvgIpc) is 3.15. The largest absolute Gasteiger partial charge is 0.493 e. The summed E-state index contributed by atoms with van der Waals surface area (Å²) in [6.07, 6.45) is -2.14. The number of carbonyl (C=O) groups excluding carboxylic acids is 2. The molecule has 10 nitrogen and oxygen atoms in total. The van der Waals surface area contributed by atoms with Gasteiger partial charge >= 0.3 is 6.18 Å². The number of hydrogen-bond acceptors (Lipinski definition) is 8. The van der Waals surface area contributed by atoms with Crippen LogP contribution in [-0.2, 0) is 15.7 Å². The Morgan fingerprint density at radius 2 is 1.77 bits per heavy atom. The van der Waals surface area contributed by atoms with Crippen LogP contribution in [0.1, 0.15) is 36.2 Å². The van der Waals surface area contributed by atoms with Crippen LogP contribution in [0.2, 0.25) is 0 Å². The van der Waals surface area contributed by atoms with E-state index < -0.39 is 23.1 Å². The third kappa shape index (κ3) is 7.58. The molecule has 2 saturated heterocycles. The molecule has 13 heteroatoms. The topological polar surface area (TPSA) is 102 Å². The van der Waals surface area contributed by atoms with E-state index in [-0.39, 0.29) is 22.8 Å². The van der Waals surface area contributed by atoms with Gasteiger partial charge in [0, 0.05) is 49.4 Å². The van der Waals surface area contributed by atoms with Gasteiger partial charge < -0.3 is 29.2 Å². The molecule has 1 N–H and O–H groups in total. The molecule has 2 aliphatic rings. The minimum absolute atomic E-state index is 0.104. The number of carbonyl (C=O) groups is 2. The fourth-order valence-corrected chi connectivity index (χ4v) is 6.68. The number of alkyl halides is 3. The summed E-state index contributed by atoms with van der Waals surface area (Å²) >= 11 is 0. The molecule has 3 heterocycles. The number of halogens is 3. The van der Waals surface area contributed by atoms with Crippen molar-refractivity contribution in [2.75, 3.05) is 63.3 Å². The monoisotopic (exact) mass is 728 g/mol. The van der Waals surface area contributed by atoms with E-state index in [0.717, 1.165) is 51.4 Å². The lowest BCUT2D eigenvalue weighted by Crippen LogP contribution is -2.58. The SMILES string of the molecule is COc1cc2c(Oc3ccc4c(C(=O)Nc5cc(C(F)(F)F)ccc5N5CC(C)(C)C5=O)cccc4c3)ccnc2cc1OCCCN1CCOCC1. The van der Waals surface area contributed by atoms with Gasteiger partial charge in [0.1, 0.15) is 11.5 Å². The van der Waals surface area contributed by atoms with Crippen molar-refractivity contribution in [2.45, 2.75) is 26.4 Å². The summed E-state index contributed by atoms with van der Waals surface area (Å²) in [5, 5.41) is 4.59. The van der Waals surface area contributed by atoms with E-state index in [1.54, 1.807) is 63.6 Å². The van der Waals surface area contributed by atoms with Crippen molar-refractivity contribution in [1.82, 2.24) is 9.88 Å². The second-order valence-corrected chi connectivity index (χ2v) is 13.7. The van der Waals surface area contributed by atoms with Crippen LogP contribution in [0.3, 0.4) is 0 Å². The number of nitrogens with zero attached hydrogens (tertiary/aromatic N) is 3. The zero-order chi connectivity index (χ0) is 37.3. The number of anilines is 2. The number of rotatable bonds is 11. The van der Waals surface area contributed by atoms with Crippen LogP contribution in [-0.4, -0.2) is 74.8 Å². The normalized spacial score (nSPS) is 16.0. The number of ether oxygens (including phenoxy) is 4. The fraction of sp³-hybridized carbons (Fsp3) is 0.325. The molecule has 0 bridgehead atoms. The van der Waals surface area contributed by atoms with Crippen LogP contribution in [0.5, 0.6) is 23.0 Å². The van der Waals surface area contributed by atoms with Crippen molar-refractivity contribution in [3.05, 3.63) is 90.1 Å². The number of nitrogens with one attached hydrogen (secondary N) is 1. The van der Waals surface area contributed by atoms with Crippen LogP contribution < -0.4 is 24.4 Å². The van der Waals surface area contributed by atoms with Gasteiger partial charge in [-0.25, -0.2) is 0 Å². The highest BCUT2D eigenvalue weighted by molar-refractivity contribution is 6.15. The highest BCUT2D eigenvalue weighted by Gasteiger charge is 2.46. The van der Waals surface area contributed by atoms with Crippen molar-refractivity contribution >= 4 is 44.9 Å². The van der Waals surface area contributed by atoms with Crippen LogP contribution in [0.15, 0.2) is 79.0 Å². The number of aromatic nitrogens is 1. The van der Waals surface area contributed by atoms with E-state index in [2.05, 4.69) is 15.2 Å². The molecular formula is C40H39F3N4O6. The molecule has 5 aromatic rings. The molecule has 0 aliphatic carbocycles. The Balaban J connectivity index is 1.10. The number of hydrogen-bond donors (Lipinski definition) is 1. The van der Waals surface area contributed by atoms with E-state index >= 15 is 0 Å². The van der Waals surface area contributed by atoms with Crippen molar-refractivity contribution in [3.8, 4) is 23.0 Å². The zero-order valence-electron chi connectivity index (χ0n) is 29.6. The van der Waals surface area contributed by atoms with Crippen LogP contribution in [0.25, 0.3) is 21.7 Å². The molecule has 1 aromatic heterocycles. The summed E-state index contributed by atoms with van der Waals surface area (Å²) in [6, 6.07) is 18.7. The summed E-state index contributed by atoms with van der Waals surface area (Å²) in [7, 11) is 1.58. The number of morpholine rings is 1. The Bertz CT molecular complexity index is 2180. The Kier molecular flexibility index (Phi) is 9.88. The minimum Gasteiger partial charge on any atom is -0.493 e. The van der Waals surface area contributed by atoms with Crippen LogP contribution in [0.4, 0.5) is 24.5 Å². The first kappa shape index (κ1) is 36.0. The van der Waals surface area contributed by atoms with Crippen molar-refractivity contribution < 1.29 is 41.7 Å². The predicted octanol–water partition coefficient (Wildman–Crippen LogP) is 7.93. The molecule has 0 unspecified atom stereocenters. The van der Waals surface area contributed by atoms with E-state index in [1.807, 2.05) is 18.2 Å². The van der Waals surface area contributed by atoms with Crippen molar-refractivity contribution in [2.24, 2.45) is 5.41 Å². The first-order valence-electron chi connectivity index (χ1n) is 17.4. The fourth-order valence-electron chi connectivity index (χ4n) is 6.68. The maximum atomic E-state index is 13.7. The molecule has 2 aliphatic heterocycles. The minimum atomic E-state index is -4.64. The molecule has 276 valence electrons. The lowest BCUT2D eigenvalue weighted by atomic mass is 9.82. The maximum absolute atomic E-state index is 13.7. The zero-order valence-corrected chi connectivity index (χ0v) is 29.6. The Labute approximate surface area is 304 Å². The second-order valence-electron chi connectivity index (χ2n) is 13.7. The third-order valence-corrected chi connectivity index (χ3v) is 9.53. The van der Waals surface area contributed by atoms with Gasteiger partial charge in [-0.05, 0) is 85.6 Å². The van der Waals surface area contributed by atoms with E-state index in [0.29, 0.717) is 57.8 Å². The predicted molar refractivity (Wildman–Crippen MR) is 195 cm³/mol. The van der Waals surface area contributed by atoms with Gasteiger partial charge in [0.05, 0.1) is 54.8 Å². The van der Waals surface area contributed by atoms with E-state index in [9.17, 15) is 22.8 Å². The van der Waals surface area contributed by atoms with Gasteiger partial charge in [-0.3, -0.25) is 19.5 Å². The summed E-state index contributed by atoms with van der Waals surface area (Å²) in [4.78, 5) is 34.7. The van der Waals surface area contributed by atoms with Crippen LogP contribution in [0, 0.1) is 5.41 Å². The average molecular weight is 729 g/mol. The first-order valence-corrected chi connectivity index (χ1v) is 17.4. The Morgan fingerprint density at radius 3 is 2.51 bits per heavy atom. The maximum Gasteiger partial charge on any atom is 0.416 e. The molecule has 0 atom stereocenters. The number of benzene rings is 4. The van der Waals surface area contributed by atoms with E-state index in [4.69, 9.17) is 18.9 Å². The number of methoxy groups -OCH3 is 1. The van der Waals surface area contributed by atoms with Gasteiger partial charge in [-0.1, -0.05) is 12.1 Å². The molecule has 53 heavy (non-hydrogen) atoms. The van der Waals surface area contributed by atoms with Gasteiger partial charge in [-0.2, -0.15) is 13.2 Å². The molecule has 0 radical (unpaired) electrons.